The molecule has 1 amide bonds. The van der Waals surface area contributed by atoms with Crippen molar-refractivity contribution in [2.24, 2.45) is 0 Å². The Bertz CT molecular complexity index is 1080. The molecule has 0 aromatic heterocycles. The van der Waals surface area contributed by atoms with Gasteiger partial charge in [-0.2, -0.15) is 0 Å². The van der Waals surface area contributed by atoms with Gasteiger partial charge in [-0.25, -0.2) is 0 Å². The molecule has 34 heavy (non-hydrogen) atoms. The van der Waals surface area contributed by atoms with Gasteiger partial charge < -0.3 is 24.2 Å². The number of likely N-dealkylation sites (tertiary alicyclic amines) is 1. The third-order valence-corrected chi connectivity index (χ3v) is 6.29. The lowest BCUT2D eigenvalue weighted by molar-refractivity contribution is -0.140. The van der Waals surface area contributed by atoms with E-state index in [2.05, 4.69) is 4.90 Å². The predicted octanol–water partition coefficient (Wildman–Crippen LogP) is 2.85. The zero-order valence-electron chi connectivity index (χ0n) is 19.5. The molecule has 2 heterocycles. The molecule has 2 saturated heterocycles. The fourth-order valence-electron chi connectivity index (χ4n) is 4.54. The zero-order valence-corrected chi connectivity index (χ0v) is 19.5. The Morgan fingerprint density at radius 1 is 1.03 bits per heavy atom. The maximum atomic E-state index is 13.2. The number of carbonyl (C=O) groups excluding carboxylic acids is 2. The summed E-state index contributed by atoms with van der Waals surface area (Å²) < 4.78 is 16.2. The zero-order chi connectivity index (χ0) is 24.1. The van der Waals surface area contributed by atoms with Gasteiger partial charge in [0, 0.05) is 37.3 Å². The molecule has 1 atom stereocenters. The summed E-state index contributed by atoms with van der Waals surface area (Å²) in [4.78, 5) is 30.2. The van der Waals surface area contributed by atoms with E-state index in [4.69, 9.17) is 14.2 Å². The number of benzene rings is 2. The Balaban J connectivity index is 1.72. The summed E-state index contributed by atoms with van der Waals surface area (Å²) in [6.07, 6.45) is 0.692. The van der Waals surface area contributed by atoms with Crippen LogP contribution in [0.3, 0.4) is 0 Å². The lowest BCUT2D eigenvalue weighted by atomic mass is 9.94. The van der Waals surface area contributed by atoms with Gasteiger partial charge in [-0.05, 0) is 24.6 Å². The lowest BCUT2D eigenvalue weighted by Crippen LogP contribution is -2.39. The molecule has 4 rings (SSSR count). The van der Waals surface area contributed by atoms with Crippen LogP contribution >= 0.6 is 0 Å². The highest BCUT2D eigenvalue weighted by atomic mass is 16.5. The first-order valence-electron chi connectivity index (χ1n) is 11.4. The van der Waals surface area contributed by atoms with E-state index in [1.807, 2.05) is 18.2 Å². The second-order valence-electron chi connectivity index (χ2n) is 8.27. The number of hydrogen-bond donors (Lipinski definition) is 1. The molecule has 1 unspecified atom stereocenters. The number of Topliss-reactive ketones (excluding diaryl/α,β-unsaturated/α-hetero) is 1. The average molecular weight is 467 g/mol. The SMILES string of the molecule is COc1cccc(C(O)=C2C(=O)C(=O)N(CCCN3CCOCC3)C2c2ccccc2OC)c1. The smallest absolute Gasteiger partial charge is 0.295 e. The summed E-state index contributed by atoms with van der Waals surface area (Å²) >= 11 is 0. The normalized spacial score (nSPS) is 20.5. The van der Waals surface area contributed by atoms with Crippen molar-refractivity contribution in [2.45, 2.75) is 12.5 Å². The van der Waals surface area contributed by atoms with E-state index in [9.17, 15) is 14.7 Å². The number of ether oxygens (including phenoxy) is 3. The summed E-state index contributed by atoms with van der Waals surface area (Å²) in [5.41, 5.74) is 1.11. The predicted molar refractivity (Wildman–Crippen MR) is 127 cm³/mol. The van der Waals surface area contributed by atoms with Gasteiger partial charge in [-0.3, -0.25) is 14.5 Å². The number of ketones is 1. The largest absolute Gasteiger partial charge is 0.507 e. The number of methoxy groups -OCH3 is 2. The molecule has 0 aliphatic carbocycles. The van der Waals surface area contributed by atoms with E-state index >= 15 is 0 Å². The number of aliphatic hydroxyl groups is 1. The highest BCUT2D eigenvalue weighted by molar-refractivity contribution is 6.46. The molecular formula is C26H30N2O6. The molecule has 2 aromatic rings. The molecule has 180 valence electrons. The van der Waals surface area contributed by atoms with Crippen molar-refractivity contribution in [3.05, 3.63) is 65.2 Å². The van der Waals surface area contributed by atoms with Gasteiger partial charge in [-0.15, -0.1) is 0 Å². The molecule has 0 spiro atoms. The molecule has 0 saturated carbocycles. The number of aliphatic hydroxyl groups excluding tert-OH is 1. The minimum atomic E-state index is -0.757. The van der Waals surface area contributed by atoms with Gasteiger partial charge >= 0.3 is 0 Å². The molecule has 2 aromatic carbocycles. The molecule has 0 bridgehead atoms. The number of morpholine rings is 1. The quantitative estimate of drug-likeness (QED) is 0.364. The first-order valence-corrected chi connectivity index (χ1v) is 11.4. The first-order chi connectivity index (χ1) is 16.5. The van der Waals surface area contributed by atoms with Gasteiger partial charge in [0.2, 0.25) is 0 Å². The van der Waals surface area contributed by atoms with E-state index in [0.29, 0.717) is 48.8 Å². The van der Waals surface area contributed by atoms with Crippen molar-refractivity contribution >= 4 is 17.4 Å². The van der Waals surface area contributed by atoms with E-state index in [1.54, 1.807) is 42.3 Å². The number of carbonyl (C=O) groups is 2. The monoisotopic (exact) mass is 466 g/mol. The van der Waals surface area contributed by atoms with Crippen molar-refractivity contribution in [3.8, 4) is 11.5 Å². The first kappa shape index (κ1) is 23.8. The molecule has 2 fully saturated rings. The van der Waals surface area contributed by atoms with Crippen LogP contribution in [0.15, 0.2) is 54.1 Å². The maximum absolute atomic E-state index is 13.2. The molecule has 2 aliphatic heterocycles. The average Bonchev–Trinajstić information content (AvgIpc) is 3.13. The fourth-order valence-corrected chi connectivity index (χ4v) is 4.54. The Kier molecular flexibility index (Phi) is 7.49. The summed E-state index contributed by atoms with van der Waals surface area (Å²) in [7, 11) is 3.08. The Morgan fingerprint density at radius 3 is 2.53 bits per heavy atom. The van der Waals surface area contributed by atoms with Crippen LogP contribution < -0.4 is 9.47 Å². The highest BCUT2D eigenvalue weighted by Gasteiger charge is 2.46. The van der Waals surface area contributed by atoms with Gasteiger partial charge in [0.15, 0.2) is 0 Å². The summed E-state index contributed by atoms with van der Waals surface area (Å²) in [6, 6.07) is 13.3. The van der Waals surface area contributed by atoms with E-state index in [0.717, 1.165) is 19.6 Å². The van der Waals surface area contributed by atoms with Gasteiger partial charge in [0.1, 0.15) is 17.3 Å². The van der Waals surface area contributed by atoms with Crippen molar-refractivity contribution in [2.75, 3.05) is 53.6 Å². The van der Waals surface area contributed by atoms with Crippen molar-refractivity contribution in [1.29, 1.82) is 0 Å². The van der Waals surface area contributed by atoms with Gasteiger partial charge in [0.05, 0.1) is 39.0 Å². The maximum Gasteiger partial charge on any atom is 0.295 e. The van der Waals surface area contributed by atoms with E-state index in [1.165, 1.54) is 7.11 Å². The number of rotatable bonds is 8. The fraction of sp³-hybridized carbons (Fsp3) is 0.385. The van der Waals surface area contributed by atoms with Gasteiger partial charge in [0.25, 0.3) is 11.7 Å². The Morgan fingerprint density at radius 2 is 1.79 bits per heavy atom. The van der Waals surface area contributed by atoms with Crippen molar-refractivity contribution in [3.63, 3.8) is 0 Å². The van der Waals surface area contributed by atoms with Gasteiger partial charge in [-0.1, -0.05) is 30.3 Å². The lowest BCUT2D eigenvalue weighted by Gasteiger charge is -2.29. The van der Waals surface area contributed by atoms with Crippen LogP contribution in [-0.2, 0) is 14.3 Å². The van der Waals surface area contributed by atoms with Crippen LogP contribution in [0, 0.1) is 0 Å². The summed E-state index contributed by atoms with van der Waals surface area (Å²) in [5.74, 6) is -0.476. The third kappa shape index (κ3) is 4.78. The molecule has 0 radical (unpaired) electrons. The number of nitrogens with zero attached hydrogens (tertiary/aromatic N) is 2. The molecule has 8 heteroatoms. The number of hydrogen-bond acceptors (Lipinski definition) is 7. The topological polar surface area (TPSA) is 88.5 Å². The molecular weight excluding hydrogens is 436 g/mol. The highest BCUT2D eigenvalue weighted by Crippen LogP contribution is 2.42. The van der Waals surface area contributed by atoms with Crippen LogP contribution in [0.25, 0.3) is 5.76 Å². The second-order valence-corrected chi connectivity index (χ2v) is 8.27. The molecule has 2 aliphatic rings. The summed E-state index contributed by atoms with van der Waals surface area (Å²) in [5, 5.41) is 11.2. The van der Waals surface area contributed by atoms with Crippen LogP contribution in [-0.4, -0.2) is 80.2 Å². The summed E-state index contributed by atoms with van der Waals surface area (Å²) in [6.45, 7) is 4.27. The minimum Gasteiger partial charge on any atom is -0.507 e. The van der Waals surface area contributed by atoms with Crippen molar-refractivity contribution < 1.29 is 28.9 Å². The standard InChI is InChI=1S/C26H30N2O6/c1-32-19-8-5-7-18(17-19)24(29)22-23(20-9-3-4-10-21(20)33-2)28(26(31)25(22)30)12-6-11-27-13-15-34-16-14-27/h3-5,7-10,17,23,29H,6,11-16H2,1-2H3. The van der Waals surface area contributed by atoms with Crippen molar-refractivity contribution in [1.82, 2.24) is 9.80 Å². The second kappa shape index (κ2) is 10.7. The minimum absolute atomic E-state index is 0.0501. The third-order valence-electron chi connectivity index (χ3n) is 6.29. The van der Waals surface area contributed by atoms with Crippen LogP contribution in [0.5, 0.6) is 11.5 Å². The van der Waals surface area contributed by atoms with Crippen LogP contribution in [0.4, 0.5) is 0 Å². The molecule has 8 nitrogen and oxygen atoms in total. The Labute approximate surface area is 199 Å². The number of para-hydroxylation sites is 1. The van der Waals surface area contributed by atoms with Crippen LogP contribution in [0.2, 0.25) is 0 Å². The van der Waals surface area contributed by atoms with E-state index in [-0.39, 0.29) is 11.3 Å². The molecule has 1 N–H and O–H groups in total. The van der Waals surface area contributed by atoms with Crippen LogP contribution in [0.1, 0.15) is 23.6 Å². The number of amides is 1. The van der Waals surface area contributed by atoms with E-state index < -0.39 is 17.7 Å². The Hall–Kier alpha value is -3.36.